The molecule has 0 aromatic carbocycles. The van der Waals surface area contributed by atoms with Crippen molar-refractivity contribution in [2.24, 2.45) is 27.5 Å². The van der Waals surface area contributed by atoms with Crippen molar-refractivity contribution in [3.05, 3.63) is 0 Å². The first-order chi connectivity index (χ1) is 27.3. The molecule has 11 atom stereocenters. The Morgan fingerprint density at radius 2 is 1.23 bits per heavy atom. The van der Waals surface area contributed by atoms with Crippen LogP contribution in [0, 0.1) is 23.2 Å². The average molecular weight is 832 g/mol. The summed E-state index contributed by atoms with van der Waals surface area (Å²) in [4.78, 5) is 0. The Hall–Kier alpha value is -0.370. The zero-order chi connectivity index (χ0) is 41.7. The Kier molecular flexibility index (Phi) is 24.6. The summed E-state index contributed by atoms with van der Waals surface area (Å²) in [7, 11) is -2.75. The van der Waals surface area contributed by atoms with Crippen LogP contribution in [-0.4, -0.2) is 109 Å². The van der Waals surface area contributed by atoms with Gasteiger partial charge in [-0.3, -0.25) is 4.21 Å². The van der Waals surface area contributed by atoms with E-state index in [4.69, 9.17) is 9.47 Å². The number of aliphatic hydroxyl groups excluding tert-OH is 6. The quantitative estimate of drug-likeness (QED) is 0.0376. The molecular formula is C46H89NO9S. The topological polar surface area (TPSA) is 169 Å². The first-order valence-electron chi connectivity index (χ1n) is 23.8. The normalized spacial score (nSPS) is 31.8. The lowest BCUT2D eigenvalue weighted by molar-refractivity contribution is -0.302. The van der Waals surface area contributed by atoms with Gasteiger partial charge in [0.25, 0.3) is 0 Å². The Morgan fingerprint density at radius 1 is 0.719 bits per heavy atom. The van der Waals surface area contributed by atoms with Gasteiger partial charge in [-0.1, -0.05) is 143 Å². The highest BCUT2D eigenvalue weighted by atomic mass is 32.2. The molecule has 338 valence electrons. The molecule has 0 spiro atoms. The van der Waals surface area contributed by atoms with Crippen molar-refractivity contribution >= 4 is 9.73 Å². The van der Waals surface area contributed by atoms with Gasteiger partial charge in [0, 0.05) is 21.7 Å². The molecule has 3 fully saturated rings. The number of fused-ring (bicyclic) bond motifs is 2. The monoisotopic (exact) mass is 832 g/mol. The zero-order valence-corrected chi connectivity index (χ0v) is 37.6. The second-order valence-corrected chi connectivity index (χ2v) is 21.9. The second-order valence-electron chi connectivity index (χ2n) is 19.3. The Balaban J connectivity index is 1.41. The molecule has 1 saturated heterocycles. The number of rotatable bonds is 31. The van der Waals surface area contributed by atoms with Crippen LogP contribution in [0.2, 0.25) is 0 Å². The molecule has 3 rings (SSSR count). The molecule has 10 nitrogen and oxygen atoms in total. The maximum absolute atomic E-state index is 13.8. The van der Waals surface area contributed by atoms with Crippen LogP contribution in [0.3, 0.4) is 0 Å². The van der Waals surface area contributed by atoms with E-state index >= 15 is 0 Å². The van der Waals surface area contributed by atoms with E-state index in [1.807, 2.05) is 0 Å². The van der Waals surface area contributed by atoms with Crippen molar-refractivity contribution in [3.63, 3.8) is 0 Å². The molecule has 11 heteroatoms. The van der Waals surface area contributed by atoms with Crippen LogP contribution < -0.4 is 0 Å². The molecule has 3 aliphatic rings. The smallest absolute Gasteiger partial charge is 0.186 e. The first-order valence-corrected chi connectivity index (χ1v) is 25.9. The molecule has 0 aromatic rings. The zero-order valence-electron chi connectivity index (χ0n) is 36.8. The van der Waals surface area contributed by atoms with Crippen molar-refractivity contribution < 1.29 is 44.3 Å². The Morgan fingerprint density at radius 3 is 1.77 bits per heavy atom. The van der Waals surface area contributed by atoms with Crippen LogP contribution in [0.5, 0.6) is 0 Å². The largest absolute Gasteiger partial charge is 0.394 e. The van der Waals surface area contributed by atoms with Gasteiger partial charge in [0.1, 0.15) is 36.6 Å². The summed E-state index contributed by atoms with van der Waals surface area (Å²) in [5.74, 6) is 3.11. The number of aliphatic hydroxyl groups is 6. The molecule has 2 saturated carbocycles. The molecule has 2 aliphatic carbocycles. The average Bonchev–Trinajstić information content (AvgIpc) is 3.16. The lowest BCUT2D eigenvalue weighted by Gasteiger charge is -2.50. The van der Waals surface area contributed by atoms with E-state index in [9.17, 15) is 34.8 Å². The predicted octanol–water partition coefficient (Wildman–Crippen LogP) is 8.45. The second kappa shape index (κ2) is 27.5. The third kappa shape index (κ3) is 19.1. The minimum absolute atomic E-state index is 0.329. The van der Waals surface area contributed by atoms with E-state index in [1.54, 1.807) is 6.26 Å². The fourth-order valence-electron chi connectivity index (χ4n) is 10.7. The SMILES string of the molecule is CCCCCCCCCCCCCC[C@@H](O)[C@@H](O)[C@H](COC1OC(CO)C(O)C(O)C1O)N=S(C)(=O)CCCCCCCCCCC12CC(C)CC(CC(C)C1)C2. The molecule has 57 heavy (non-hydrogen) atoms. The predicted molar refractivity (Wildman–Crippen MR) is 231 cm³/mol. The van der Waals surface area contributed by atoms with Gasteiger partial charge in [0.05, 0.1) is 19.3 Å². The summed E-state index contributed by atoms with van der Waals surface area (Å²) >= 11 is 0. The van der Waals surface area contributed by atoms with Crippen molar-refractivity contribution in [2.75, 3.05) is 25.2 Å². The van der Waals surface area contributed by atoms with E-state index in [0.717, 1.165) is 62.7 Å². The molecule has 2 bridgehead atoms. The van der Waals surface area contributed by atoms with Crippen molar-refractivity contribution in [1.29, 1.82) is 0 Å². The van der Waals surface area contributed by atoms with Gasteiger partial charge >= 0.3 is 0 Å². The standard InChI is InChI=1S/C46H89NO9S/c1-5-6-7-8-9-10-11-12-13-16-19-22-25-39(49)41(50)38(34-55-45-44(53)43(52)42(51)40(33-48)56-45)47-57(4,54)27-24-21-18-15-14-17-20-23-26-46-30-35(2)28-37(32-46)29-36(3)31-46/h35-45,48-53H,5-34H2,1-4H3/t35?,36?,37?,38-,39+,40?,41-,42?,43?,44?,45?,46?,57?/m0/s1. The summed E-state index contributed by atoms with van der Waals surface area (Å²) in [6.45, 7) is 6.26. The van der Waals surface area contributed by atoms with Crippen LogP contribution in [0.4, 0.5) is 0 Å². The molecule has 0 radical (unpaired) electrons. The van der Waals surface area contributed by atoms with Crippen LogP contribution in [-0.2, 0) is 19.2 Å². The van der Waals surface area contributed by atoms with Gasteiger partial charge in [0.15, 0.2) is 6.29 Å². The van der Waals surface area contributed by atoms with Crippen LogP contribution in [0.15, 0.2) is 4.36 Å². The molecule has 0 amide bonds. The Labute approximate surface area is 348 Å². The third-order valence-electron chi connectivity index (χ3n) is 13.5. The van der Waals surface area contributed by atoms with Crippen molar-refractivity contribution in [3.8, 4) is 0 Å². The molecule has 0 aromatic heterocycles. The maximum Gasteiger partial charge on any atom is 0.186 e. The molecule has 8 unspecified atom stereocenters. The molecular weight excluding hydrogens is 743 g/mol. The summed E-state index contributed by atoms with van der Waals surface area (Å²) in [5.41, 5.74) is 0.615. The van der Waals surface area contributed by atoms with E-state index in [2.05, 4.69) is 25.1 Å². The molecule has 6 N–H and O–H groups in total. The van der Waals surface area contributed by atoms with E-state index < -0.39 is 65.3 Å². The van der Waals surface area contributed by atoms with Gasteiger partial charge in [-0.2, -0.15) is 0 Å². The van der Waals surface area contributed by atoms with Crippen molar-refractivity contribution in [2.45, 2.75) is 243 Å². The summed E-state index contributed by atoms with van der Waals surface area (Å²) in [6.07, 6.45) is 24.3. The van der Waals surface area contributed by atoms with Crippen molar-refractivity contribution in [1.82, 2.24) is 0 Å². The van der Waals surface area contributed by atoms with Gasteiger partial charge in [-0.05, 0) is 74.5 Å². The lowest BCUT2D eigenvalue weighted by atomic mass is 9.55. The number of hydrogen-bond acceptors (Lipinski definition) is 10. The summed E-state index contributed by atoms with van der Waals surface area (Å²) < 4.78 is 29.6. The highest BCUT2D eigenvalue weighted by Gasteiger charge is 2.45. The van der Waals surface area contributed by atoms with Gasteiger partial charge in [0.2, 0.25) is 0 Å². The summed E-state index contributed by atoms with van der Waals surface area (Å²) in [5, 5.41) is 62.8. The third-order valence-corrected chi connectivity index (χ3v) is 15.3. The summed E-state index contributed by atoms with van der Waals surface area (Å²) in [6, 6.07) is -1.07. The highest BCUT2D eigenvalue weighted by molar-refractivity contribution is 7.92. The number of hydrogen-bond donors (Lipinski definition) is 6. The lowest BCUT2D eigenvalue weighted by Crippen LogP contribution is -2.59. The highest BCUT2D eigenvalue weighted by Crippen LogP contribution is 2.55. The number of nitrogens with zero attached hydrogens (tertiary/aromatic N) is 1. The van der Waals surface area contributed by atoms with Crippen LogP contribution in [0.25, 0.3) is 0 Å². The van der Waals surface area contributed by atoms with Crippen LogP contribution >= 0.6 is 0 Å². The Bertz CT molecular complexity index is 1150. The van der Waals surface area contributed by atoms with E-state index in [1.165, 1.54) is 122 Å². The fourth-order valence-corrected chi connectivity index (χ4v) is 12.3. The molecule has 1 heterocycles. The van der Waals surface area contributed by atoms with Gasteiger partial charge in [-0.15, -0.1) is 0 Å². The number of unbranched alkanes of at least 4 members (excludes halogenated alkanes) is 18. The van der Waals surface area contributed by atoms with Gasteiger partial charge < -0.3 is 40.1 Å². The first kappa shape index (κ1) is 51.0. The van der Waals surface area contributed by atoms with E-state index in [0.29, 0.717) is 17.6 Å². The number of ether oxygens (including phenoxy) is 2. The maximum atomic E-state index is 13.8. The fraction of sp³-hybridized carbons (Fsp3) is 1.00. The van der Waals surface area contributed by atoms with E-state index in [-0.39, 0.29) is 6.61 Å². The minimum atomic E-state index is -2.75. The molecule has 1 aliphatic heterocycles. The van der Waals surface area contributed by atoms with Gasteiger partial charge in [-0.25, -0.2) is 4.36 Å². The van der Waals surface area contributed by atoms with Crippen LogP contribution in [0.1, 0.15) is 194 Å². The minimum Gasteiger partial charge on any atom is -0.394 e.